The number of nitrogens with zero attached hydrogens (tertiary/aromatic N) is 1. The van der Waals surface area contributed by atoms with Crippen LogP contribution in [0.25, 0.3) is 0 Å². The van der Waals surface area contributed by atoms with Crippen molar-refractivity contribution in [2.45, 2.75) is 33.1 Å². The molecule has 0 saturated heterocycles. The first kappa shape index (κ1) is 11.4. The van der Waals surface area contributed by atoms with Crippen molar-refractivity contribution < 1.29 is 4.84 Å². The van der Waals surface area contributed by atoms with Gasteiger partial charge in [-0.05, 0) is 26.7 Å². The fraction of sp³-hybridized carbons (Fsp3) is 0.889. The first-order chi connectivity index (χ1) is 5.62. The molecule has 0 heterocycles. The predicted molar refractivity (Wildman–Crippen MR) is 48.3 cm³/mol. The Morgan fingerprint density at radius 1 is 1.42 bits per heavy atom. The highest BCUT2D eigenvalue weighted by Crippen LogP contribution is 2.21. The summed E-state index contributed by atoms with van der Waals surface area (Å²) in [6, 6.07) is 2.28. The lowest BCUT2D eigenvalue weighted by molar-refractivity contribution is 0.0900. The molecule has 0 aliphatic carbocycles. The molecule has 0 aromatic rings. The van der Waals surface area contributed by atoms with Crippen molar-refractivity contribution in [3.8, 4) is 6.07 Å². The van der Waals surface area contributed by atoms with E-state index in [0.29, 0.717) is 0 Å². The molecular weight excluding hydrogens is 152 g/mol. The molecule has 0 saturated carbocycles. The van der Waals surface area contributed by atoms with Gasteiger partial charge < -0.3 is 4.84 Å². The standard InChI is InChI=1S/C9H18N2O/c1-9(2,8-10)6-4-5-7-11-12-3/h11H,4-7H2,1-3H3. The molecule has 0 spiro atoms. The van der Waals surface area contributed by atoms with Gasteiger partial charge in [0.15, 0.2) is 0 Å². The fourth-order valence-electron chi connectivity index (χ4n) is 0.922. The van der Waals surface area contributed by atoms with Crippen LogP contribution in [0.5, 0.6) is 0 Å². The zero-order valence-corrected chi connectivity index (χ0v) is 8.18. The number of rotatable bonds is 6. The van der Waals surface area contributed by atoms with Gasteiger partial charge in [0, 0.05) is 6.54 Å². The smallest absolute Gasteiger partial charge is 0.0683 e. The summed E-state index contributed by atoms with van der Waals surface area (Å²) < 4.78 is 0. The van der Waals surface area contributed by atoms with E-state index in [9.17, 15) is 0 Å². The molecule has 0 aromatic heterocycles. The molecular formula is C9H18N2O. The molecule has 0 bridgehead atoms. The van der Waals surface area contributed by atoms with Crippen LogP contribution in [0.3, 0.4) is 0 Å². The number of nitriles is 1. The molecule has 12 heavy (non-hydrogen) atoms. The van der Waals surface area contributed by atoms with Gasteiger partial charge in [0.05, 0.1) is 18.6 Å². The SMILES string of the molecule is CONCCCCC(C)(C)C#N. The number of hydrogen-bond donors (Lipinski definition) is 1. The second kappa shape index (κ2) is 5.99. The second-order valence-electron chi connectivity index (χ2n) is 3.55. The Hall–Kier alpha value is -0.590. The first-order valence-electron chi connectivity index (χ1n) is 4.29. The molecule has 1 N–H and O–H groups in total. The summed E-state index contributed by atoms with van der Waals surface area (Å²) in [6.07, 6.45) is 3.07. The zero-order chi connectivity index (χ0) is 9.45. The summed E-state index contributed by atoms with van der Waals surface area (Å²) in [5, 5.41) is 8.71. The zero-order valence-electron chi connectivity index (χ0n) is 8.18. The van der Waals surface area contributed by atoms with Crippen molar-refractivity contribution in [1.82, 2.24) is 5.48 Å². The van der Waals surface area contributed by atoms with Crippen molar-refractivity contribution in [2.24, 2.45) is 5.41 Å². The average molecular weight is 170 g/mol. The third kappa shape index (κ3) is 6.14. The van der Waals surface area contributed by atoms with E-state index >= 15 is 0 Å². The normalized spacial score (nSPS) is 11.2. The van der Waals surface area contributed by atoms with Crippen molar-refractivity contribution in [1.29, 1.82) is 5.26 Å². The number of nitrogens with one attached hydrogen (secondary N) is 1. The molecule has 0 unspecified atom stereocenters. The molecule has 0 amide bonds. The Morgan fingerprint density at radius 2 is 2.08 bits per heavy atom. The quantitative estimate of drug-likeness (QED) is 0.489. The average Bonchev–Trinajstić information content (AvgIpc) is 2.04. The number of hydrogen-bond acceptors (Lipinski definition) is 3. The minimum Gasteiger partial charge on any atom is -0.305 e. The van der Waals surface area contributed by atoms with Crippen LogP contribution in [-0.2, 0) is 4.84 Å². The maximum Gasteiger partial charge on any atom is 0.0683 e. The summed E-state index contributed by atoms with van der Waals surface area (Å²) in [5.74, 6) is 0. The summed E-state index contributed by atoms with van der Waals surface area (Å²) in [6.45, 7) is 4.80. The maximum absolute atomic E-state index is 8.71. The highest BCUT2D eigenvalue weighted by molar-refractivity contribution is 4.91. The van der Waals surface area contributed by atoms with Gasteiger partial charge in [0.1, 0.15) is 0 Å². The largest absolute Gasteiger partial charge is 0.305 e. The lowest BCUT2D eigenvalue weighted by Gasteiger charge is -2.13. The van der Waals surface area contributed by atoms with E-state index in [0.717, 1.165) is 25.8 Å². The van der Waals surface area contributed by atoms with Gasteiger partial charge in [-0.3, -0.25) is 0 Å². The molecule has 3 heteroatoms. The van der Waals surface area contributed by atoms with Crippen LogP contribution < -0.4 is 5.48 Å². The monoisotopic (exact) mass is 170 g/mol. The van der Waals surface area contributed by atoms with Crippen molar-refractivity contribution in [2.75, 3.05) is 13.7 Å². The summed E-state index contributed by atoms with van der Waals surface area (Å²) in [5.41, 5.74) is 2.60. The van der Waals surface area contributed by atoms with E-state index in [1.54, 1.807) is 7.11 Å². The van der Waals surface area contributed by atoms with Gasteiger partial charge in [0.25, 0.3) is 0 Å². The van der Waals surface area contributed by atoms with Gasteiger partial charge in [0.2, 0.25) is 0 Å². The summed E-state index contributed by atoms with van der Waals surface area (Å²) in [4.78, 5) is 4.69. The number of unbranched alkanes of at least 4 members (excludes halogenated alkanes) is 1. The minimum atomic E-state index is -0.174. The predicted octanol–water partition coefficient (Wildman–Crippen LogP) is 1.86. The Labute approximate surface area is 74.7 Å². The molecule has 0 fully saturated rings. The molecule has 0 aliphatic rings. The molecule has 0 aromatic carbocycles. The Bertz CT molecular complexity index is 149. The summed E-state index contributed by atoms with van der Waals surface area (Å²) in [7, 11) is 1.61. The van der Waals surface area contributed by atoms with Gasteiger partial charge in [-0.2, -0.15) is 5.26 Å². The van der Waals surface area contributed by atoms with Crippen molar-refractivity contribution in [3.63, 3.8) is 0 Å². The highest BCUT2D eigenvalue weighted by atomic mass is 16.6. The van der Waals surface area contributed by atoms with Gasteiger partial charge in [-0.15, -0.1) is 0 Å². The molecule has 0 radical (unpaired) electrons. The minimum absolute atomic E-state index is 0.174. The van der Waals surface area contributed by atoms with Crippen LogP contribution in [0.15, 0.2) is 0 Å². The second-order valence-corrected chi connectivity index (χ2v) is 3.55. The fourth-order valence-corrected chi connectivity index (χ4v) is 0.922. The van der Waals surface area contributed by atoms with E-state index < -0.39 is 0 Å². The van der Waals surface area contributed by atoms with Crippen LogP contribution >= 0.6 is 0 Å². The van der Waals surface area contributed by atoms with Gasteiger partial charge in [-0.1, -0.05) is 6.42 Å². The summed E-state index contributed by atoms with van der Waals surface area (Å²) >= 11 is 0. The van der Waals surface area contributed by atoms with Crippen molar-refractivity contribution >= 4 is 0 Å². The van der Waals surface area contributed by atoms with Crippen LogP contribution in [0.4, 0.5) is 0 Å². The lowest BCUT2D eigenvalue weighted by atomic mass is 9.89. The number of hydroxylamine groups is 1. The molecule has 3 nitrogen and oxygen atoms in total. The van der Waals surface area contributed by atoms with Crippen LogP contribution in [0.1, 0.15) is 33.1 Å². The van der Waals surface area contributed by atoms with Crippen molar-refractivity contribution in [3.05, 3.63) is 0 Å². The lowest BCUT2D eigenvalue weighted by Crippen LogP contribution is -2.14. The van der Waals surface area contributed by atoms with E-state index in [1.807, 2.05) is 13.8 Å². The molecule has 70 valence electrons. The Morgan fingerprint density at radius 3 is 2.58 bits per heavy atom. The first-order valence-corrected chi connectivity index (χ1v) is 4.29. The van der Waals surface area contributed by atoms with Gasteiger partial charge >= 0.3 is 0 Å². The topological polar surface area (TPSA) is 45.0 Å². The van der Waals surface area contributed by atoms with Crippen LogP contribution in [0, 0.1) is 16.7 Å². The van der Waals surface area contributed by atoms with Gasteiger partial charge in [-0.25, -0.2) is 5.48 Å². The van der Waals surface area contributed by atoms with E-state index in [4.69, 9.17) is 5.26 Å². The third-order valence-electron chi connectivity index (χ3n) is 1.78. The van der Waals surface area contributed by atoms with E-state index in [2.05, 4.69) is 16.4 Å². The molecule has 0 aliphatic heterocycles. The van der Waals surface area contributed by atoms with Crippen LogP contribution in [0.2, 0.25) is 0 Å². The molecule has 0 rings (SSSR count). The molecule has 0 atom stereocenters. The van der Waals surface area contributed by atoms with Crippen LogP contribution in [-0.4, -0.2) is 13.7 Å². The van der Waals surface area contributed by atoms with E-state index in [1.165, 1.54) is 0 Å². The third-order valence-corrected chi connectivity index (χ3v) is 1.78. The highest BCUT2D eigenvalue weighted by Gasteiger charge is 2.14. The Balaban J connectivity index is 3.27. The Kier molecular flexibility index (Phi) is 5.69. The van der Waals surface area contributed by atoms with E-state index in [-0.39, 0.29) is 5.41 Å². The maximum atomic E-state index is 8.71.